The molecule has 7 nitrogen and oxygen atoms in total. The van der Waals surface area contributed by atoms with Crippen LogP contribution >= 0.6 is 0 Å². The monoisotopic (exact) mass is 273 g/mol. The number of nitrogen functional groups attached to an aromatic ring is 1. The summed E-state index contributed by atoms with van der Waals surface area (Å²) in [6.45, 7) is 3.96. The zero-order valence-corrected chi connectivity index (χ0v) is 11.2. The fraction of sp³-hybridized carbons (Fsp3) is 0.154. The van der Waals surface area contributed by atoms with Crippen molar-refractivity contribution in [1.29, 1.82) is 0 Å². The lowest BCUT2D eigenvalue weighted by atomic mass is 10.1. The average Bonchev–Trinajstić information content (AvgIpc) is 2.36. The topological polar surface area (TPSA) is 106 Å². The Morgan fingerprint density at radius 3 is 2.25 bits per heavy atom. The second-order valence-corrected chi connectivity index (χ2v) is 4.50. The van der Waals surface area contributed by atoms with Crippen LogP contribution in [0.1, 0.15) is 11.1 Å². The molecular weight excluding hydrogens is 258 g/mol. The zero-order chi connectivity index (χ0) is 14.7. The van der Waals surface area contributed by atoms with Crippen molar-refractivity contribution in [2.45, 2.75) is 13.8 Å². The van der Waals surface area contributed by atoms with Crippen LogP contribution < -0.4 is 16.6 Å². The lowest BCUT2D eigenvalue weighted by Gasteiger charge is -2.09. The van der Waals surface area contributed by atoms with Crippen LogP contribution in [0, 0.1) is 24.0 Å². The quantitative estimate of drug-likeness (QED) is 0.449. The van der Waals surface area contributed by atoms with Crippen LogP contribution in [0.5, 0.6) is 0 Å². The molecule has 0 saturated carbocycles. The van der Waals surface area contributed by atoms with E-state index < -0.39 is 4.92 Å². The van der Waals surface area contributed by atoms with E-state index in [9.17, 15) is 10.1 Å². The molecule has 0 saturated heterocycles. The molecule has 1 aromatic carbocycles. The van der Waals surface area contributed by atoms with Gasteiger partial charge in [0.05, 0.1) is 17.1 Å². The predicted molar refractivity (Wildman–Crippen MR) is 77.9 cm³/mol. The lowest BCUT2D eigenvalue weighted by Crippen LogP contribution is -2.10. The van der Waals surface area contributed by atoms with E-state index in [1.54, 1.807) is 0 Å². The highest BCUT2D eigenvalue weighted by Gasteiger charge is 2.11. The smallest absolute Gasteiger partial charge is 0.276 e. The largest absolute Gasteiger partial charge is 0.340 e. The summed E-state index contributed by atoms with van der Waals surface area (Å²) in [7, 11) is 0. The van der Waals surface area contributed by atoms with Crippen molar-refractivity contribution in [3.05, 3.63) is 51.6 Å². The minimum absolute atomic E-state index is 0.0835. The van der Waals surface area contributed by atoms with E-state index >= 15 is 0 Å². The summed E-state index contributed by atoms with van der Waals surface area (Å²) in [5, 5.41) is 13.9. The van der Waals surface area contributed by atoms with Gasteiger partial charge in [-0.1, -0.05) is 6.07 Å². The molecule has 2 aromatic rings. The molecule has 0 bridgehead atoms. The second kappa shape index (κ2) is 5.54. The Bertz CT molecular complexity index is 637. The first kappa shape index (κ1) is 13.8. The normalized spacial score (nSPS) is 10.2. The summed E-state index contributed by atoms with van der Waals surface area (Å²) >= 11 is 0. The Morgan fingerprint density at radius 1 is 1.10 bits per heavy atom. The third-order valence-corrected chi connectivity index (χ3v) is 2.66. The first-order chi connectivity index (χ1) is 9.47. The third-order valence-electron chi connectivity index (χ3n) is 2.66. The maximum Gasteiger partial charge on any atom is 0.276 e. The molecular formula is C13H15N5O2. The SMILES string of the molecule is Cc1cc(C)cc(Nc2cc([N+](=O)[O-])cc(NN)n2)c1. The van der Waals surface area contributed by atoms with Crippen LogP contribution in [-0.2, 0) is 0 Å². The van der Waals surface area contributed by atoms with Crippen LogP contribution in [0.2, 0.25) is 0 Å². The van der Waals surface area contributed by atoms with Gasteiger partial charge < -0.3 is 10.7 Å². The molecule has 20 heavy (non-hydrogen) atoms. The van der Waals surface area contributed by atoms with E-state index in [4.69, 9.17) is 5.84 Å². The maximum absolute atomic E-state index is 10.9. The van der Waals surface area contributed by atoms with E-state index in [1.807, 2.05) is 32.0 Å². The molecule has 0 aliphatic rings. The summed E-state index contributed by atoms with van der Waals surface area (Å²) < 4.78 is 0. The van der Waals surface area contributed by atoms with Gasteiger partial charge in [-0.3, -0.25) is 10.1 Å². The second-order valence-electron chi connectivity index (χ2n) is 4.50. The van der Waals surface area contributed by atoms with Crippen molar-refractivity contribution in [3.8, 4) is 0 Å². The van der Waals surface area contributed by atoms with Crippen LogP contribution in [0.25, 0.3) is 0 Å². The van der Waals surface area contributed by atoms with E-state index in [0.717, 1.165) is 16.8 Å². The van der Waals surface area contributed by atoms with Crippen molar-refractivity contribution >= 4 is 23.0 Å². The molecule has 1 heterocycles. The number of hydrogen-bond acceptors (Lipinski definition) is 6. The fourth-order valence-corrected chi connectivity index (χ4v) is 1.95. The van der Waals surface area contributed by atoms with Crippen LogP contribution in [0.15, 0.2) is 30.3 Å². The average molecular weight is 273 g/mol. The van der Waals surface area contributed by atoms with Gasteiger partial charge in [0.15, 0.2) is 0 Å². The van der Waals surface area contributed by atoms with Gasteiger partial charge in [-0.05, 0) is 37.1 Å². The number of nitro groups is 1. The molecule has 4 N–H and O–H groups in total. The van der Waals surface area contributed by atoms with Gasteiger partial charge >= 0.3 is 0 Å². The van der Waals surface area contributed by atoms with Gasteiger partial charge in [-0.25, -0.2) is 10.8 Å². The van der Waals surface area contributed by atoms with Gasteiger partial charge in [0, 0.05) is 5.69 Å². The third kappa shape index (κ3) is 3.21. The Kier molecular flexibility index (Phi) is 3.81. The zero-order valence-electron chi connectivity index (χ0n) is 11.2. The number of nitrogens with zero attached hydrogens (tertiary/aromatic N) is 2. The van der Waals surface area contributed by atoms with Crippen molar-refractivity contribution in [3.63, 3.8) is 0 Å². The fourth-order valence-electron chi connectivity index (χ4n) is 1.95. The molecule has 7 heteroatoms. The highest BCUT2D eigenvalue weighted by molar-refractivity contribution is 5.63. The van der Waals surface area contributed by atoms with Crippen molar-refractivity contribution in [2.24, 2.45) is 5.84 Å². The maximum atomic E-state index is 10.9. The number of aromatic nitrogens is 1. The molecule has 0 radical (unpaired) electrons. The first-order valence-corrected chi connectivity index (χ1v) is 5.96. The number of pyridine rings is 1. The Hall–Kier alpha value is -2.67. The molecule has 0 spiro atoms. The number of rotatable bonds is 4. The van der Waals surface area contributed by atoms with E-state index in [1.165, 1.54) is 12.1 Å². The van der Waals surface area contributed by atoms with Crippen molar-refractivity contribution in [1.82, 2.24) is 4.98 Å². The molecule has 2 rings (SSSR count). The van der Waals surface area contributed by atoms with Gasteiger partial charge in [-0.15, -0.1) is 0 Å². The molecule has 0 aliphatic carbocycles. The number of nitrogens with one attached hydrogen (secondary N) is 2. The van der Waals surface area contributed by atoms with Crippen LogP contribution in [0.4, 0.5) is 23.0 Å². The van der Waals surface area contributed by atoms with Gasteiger partial charge in [0.25, 0.3) is 5.69 Å². The van der Waals surface area contributed by atoms with Crippen LogP contribution in [0.3, 0.4) is 0 Å². The Balaban J connectivity index is 2.37. The highest BCUT2D eigenvalue weighted by atomic mass is 16.6. The van der Waals surface area contributed by atoms with Crippen molar-refractivity contribution in [2.75, 3.05) is 10.7 Å². The summed E-state index contributed by atoms with van der Waals surface area (Å²) in [6, 6.07) is 8.54. The van der Waals surface area contributed by atoms with Gasteiger partial charge in [-0.2, -0.15) is 0 Å². The first-order valence-electron chi connectivity index (χ1n) is 5.96. The highest BCUT2D eigenvalue weighted by Crippen LogP contribution is 2.24. The Labute approximate surface area is 116 Å². The summed E-state index contributed by atoms with van der Waals surface area (Å²) in [6.07, 6.45) is 0. The van der Waals surface area contributed by atoms with E-state index in [2.05, 4.69) is 15.7 Å². The summed E-state index contributed by atoms with van der Waals surface area (Å²) in [5.74, 6) is 5.85. The molecule has 1 aromatic heterocycles. The Morgan fingerprint density at radius 2 is 1.70 bits per heavy atom. The molecule has 0 unspecified atom stereocenters. The van der Waals surface area contributed by atoms with Gasteiger partial charge in [0.1, 0.15) is 11.6 Å². The number of hydrazine groups is 1. The minimum Gasteiger partial charge on any atom is -0.340 e. The lowest BCUT2D eigenvalue weighted by molar-refractivity contribution is -0.384. The van der Waals surface area contributed by atoms with Gasteiger partial charge in [0.2, 0.25) is 0 Å². The summed E-state index contributed by atoms with van der Waals surface area (Å²) in [5.41, 5.74) is 5.24. The molecule has 0 aliphatic heterocycles. The molecule has 0 fully saturated rings. The number of nitrogens with two attached hydrogens (primary N) is 1. The van der Waals surface area contributed by atoms with Crippen molar-refractivity contribution < 1.29 is 4.92 Å². The van der Waals surface area contributed by atoms with E-state index in [0.29, 0.717) is 5.82 Å². The number of anilines is 3. The molecule has 0 amide bonds. The van der Waals surface area contributed by atoms with Crippen LogP contribution in [-0.4, -0.2) is 9.91 Å². The number of aryl methyl sites for hydroxylation is 2. The predicted octanol–water partition coefficient (Wildman–Crippen LogP) is 2.64. The van der Waals surface area contributed by atoms with E-state index in [-0.39, 0.29) is 11.5 Å². The standard InChI is InChI=1S/C13H15N5O2/c1-8-3-9(2)5-10(4-8)15-12-6-11(18(19)20)7-13(16-12)17-14/h3-7H,14H2,1-2H3,(H2,15,16,17). The molecule has 104 valence electrons. The minimum atomic E-state index is -0.491. The molecule has 0 atom stereocenters. The number of hydrogen-bond donors (Lipinski definition) is 3. The summed E-state index contributed by atoms with van der Waals surface area (Å²) in [4.78, 5) is 14.5. The number of benzene rings is 1.